The fourth-order valence-electron chi connectivity index (χ4n) is 3.90. The van der Waals surface area contributed by atoms with E-state index in [4.69, 9.17) is 14.1 Å². The number of nitrogens with zero attached hydrogens (tertiary/aromatic N) is 4. The van der Waals surface area contributed by atoms with Crippen LogP contribution in [-0.4, -0.2) is 33.7 Å². The summed E-state index contributed by atoms with van der Waals surface area (Å²) in [6.07, 6.45) is 3.37. The number of methoxy groups -OCH3 is 1. The Balaban J connectivity index is 1.38. The van der Waals surface area contributed by atoms with E-state index in [0.29, 0.717) is 11.8 Å². The van der Waals surface area contributed by atoms with Crippen LogP contribution in [0.2, 0.25) is 0 Å². The topological polar surface area (TPSA) is 64.3 Å². The van der Waals surface area contributed by atoms with E-state index in [9.17, 15) is 0 Å². The summed E-state index contributed by atoms with van der Waals surface area (Å²) in [5, 5.41) is 13.8. The molecule has 0 radical (unpaired) electrons. The fraction of sp³-hybridized carbons (Fsp3) is 0.318. The number of benzene rings is 1. The predicted octanol–water partition coefficient (Wildman–Crippen LogP) is 5.08. The van der Waals surface area contributed by atoms with Crippen LogP contribution < -0.4 is 4.74 Å². The summed E-state index contributed by atoms with van der Waals surface area (Å²) in [5.74, 6) is 2.15. The summed E-state index contributed by atoms with van der Waals surface area (Å²) >= 11 is 1.63. The molecule has 1 atom stereocenters. The predicted molar refractivity (Wildman–Crippen MR) is 113 cm³/mol. The zero-order chi connectivity index (χ0) is 19.6. The van der Waals surface area contributed by atoms with Crippen molar-refractivity contribution in [3.63, 3.8) is 0 Å². The van der Waals surface area contributed by atoms with Gasteiger partial charge < -0.3 is 9.15 Å². The van der Waals surface area contributed by atoms with Gasteiger partial charge in [-0.1, -0.05) is 12.5 Å². The summed E-state index contributed by atoms with van der Waals surface area (Å²) in [7, 11) is 1.68. The van der Waals surface area contributed by atoms with Gasteiger partial charge in [-0.25, -0.2) is 0 Å². The van der Waals surface area contributed by atoms with Gasteiger partial charge in [0.25, 0.3) is 0 Å². The molecule has 4 heterocycles. The number of hydrogen-bond acceptors (Lipinski definition) is 7. The minimum Gasteiger partial charge on any atom is -0.497 e. The van der Waals surface area contributed by atoms with E-state index < -0.39 is 0 Å². The Morgan fingerprint density at radius 2 is 2.14 bits per heavy atom. The van der Waals surface area contributed by atoms with Gasteiger partial charge in [-0.05, 0) is 55.1 Å². The molecule has 1 aromatic carbocycles. The van der Waals surface area contributed by atoms with Gasteiger partial charge in [0.1, 0.15) is 5.75 Å². The average molecular weight is 407 g/mol. The van der Waals surface area contributed by atoms with E-state index in [0.717, 1.165) is 47.4 Å². The van der Waals surface area contributed by atoms with Crippen LogP contribution in [0.4, 0.5) is 0 Å². The highest BCUT2D eigenvalue weighted by Gasteiger charge is 2.29. The number of piperidine rings is 1. The fourth-order valence-corrected chi connectivity index (χ4v) is 4.53. The molecular formula is C22H22N4O2S. The van der Waals surface area contributed by atoms with Crippen molar-refractivity contribution in [3.8, 4) is 17.2 Å². The number of hydrogen-bond donors (Lipinski definition) is 0. The summed E-state index contributed by atoms with van der Waals surface area (Å²) in [6, 6.07) is 12.3. The van der Waals surface area contributed by atoms with Gasteiger partial charge >= 0.3 is 0 Å². The van der Waals surface area contributed by atoms with E-state index in [1.807, 2.05) is 35.0 Å². The first kappa shape index (κ1) is 18.3. The maximum atomic E-state index is 6.04. The number of thiophene rings is 1. The van der Waals surface area contributed by atoms with Crippen molar-refractivity contribution in [2.24, 2.45) is 0 Å². The van der Waals surface area contributed by atoms with Crippen molar-refractivity contribution in [1.82, 2.24) is 20.1 Å². The van der Waals surface area contributed by atoms with E-state index >= 15 is 0 Å². The average Bonchev–Trinajstić information content (AvgIpc) is 3.46. The van der Waals surface area contributed by atoms with Gasteiger partial charge in [0.2, 0.25) is 11.8 Å². The largest absolute Gasteiger partial charge is 0.497 e. The molecule has 1 aliphatic rings. The number of pyridine rings is 1. The maximum Gasteiger partial charge on any atom is 0.248 e. The molecule has 1 saturated heterocycles. The van der Waals surface area contributed by atoms with Crippen molar-refractivity contribution in [2.45, 2.75) is 31.8 Å². The number of ether oxygens (including phenoxy) is 1. The lowest BCUT2D eigenvalue weighted by atomic mass is 10.0. The Kier molecular flexibility index (Phi) is 4.99. The van der Waals surface area contributed by atoms with Gasteiger partial charge in [0.15, 0.2) is 0 Å². The van der Waals surface area contributed by atoms with Crippen molar-refractivity contribution in [3.05, 3.63) is 58.7 Å². The van der Waals surface area contributed by atoms with Gasteiger partial charge in [0, 0.05) is 22.9 Å². The molecule has 29 heavy (non-hydrogen) atoms. The Hall–Kier alpha value is -2.77. The SMILES string of the molecule is COc1ccc2nc(CN3CCCCC3c3nnc(-c4ccsc4)o3)ccc2c1. The van der Waals surface area contributed by atoms with Crippen LogP contribution in [0, 0.1) is 0 Å². The maximum absolute atomic E-state index is 6.04. The van der Waals surface area contributed by atoms with Crippen LogP contribution in [0.1, 0.15) is 36.9 Å². The van der Waals surface area contributed by atoms with Crippen molar-refractivity contribution in [1.29, 1.82) is 0 Å². The first-order valence-electron chi connectivity index (χ1n) is 9.84. The number of likely N-dealkylation sites (tertiary alicyclic amines) is 1. The molecular weight excluding hydrogens is 384 g/mol. The molecule has 0 bridgehead atoms. The van der Waals surface area contributed by atoms with Gasteiger partial charge in [0.05, 0.1) is 24.4 Å². The van der Waals surface area contributed by atoms with Gasteiger partial charge in [-0.3, -0.25) is 9.88 Å². The summed E-state index contributed by atoms with van der Waals surface area (Å²) in [6.45, 7) is 1.77. The highest BCUT2D eigenvalue weighted by Crippen LogP contribution is 2.33. The zero-order valence-electron chi connectivity index (χ0n) is 16.2. The second-order valence-corrected chi connectivity index (χ2v) is 8.08. The summed E-state index contributed by atoms with van der Waals surface area (Å²) in [5.41, 5.74) is 3.02. The Bertz CT molecular complexity index is 1110. The highest BCUT2D eigenvalue weighted by molar-refractivity contribution is 7.08. The minimum absolute atomic E-state index is 0.136. The Morgan fingerprint density at radius 3 is 3.00 bits per heavy atom. The molecule has 0 saturated carbocycles. The lowest BCUT2D eigenvalue weighted by Crippen LogP contribution is -2.33. The van der Waals surface area contributed by atoms with Crippen LogP contribution >= 0.6 is 11.3 Å². The highest BCUT2D eigenvalue weighted by atomic mass is 32.1. The lowest BCUT2D eigenvalue weighted by Gasteiger charge is -2.33. The molecule has 0 spiro atoms. The van der Waals surface area contributed by atoms with E-state index in [1.54, 1.807) is 18.4 Å². The van der Waals surface area contributed by atoms with Crippen molar-refractivity contribution >= 4 is 22.2 Å². The van der Waals surface area contributed by atoms with E-state index in [-0.39, 0.29) is 6.04 Å². The molecule has 3 aromatic heterocycles. The van der Waals surface area contributed by atoms with Crippen LogP contribution in [0.5, 0.6) is 5.75 Å². The molecule has 1 unspecified atom stereocenters. The number of fused-ring (bicyclic) bond motifs is 1. The van der Waals surface area contributed by atoms with E-state index in [1.165, 1.54) is 12.8 Å². The third kappa shape index (κ3) is 3.75. The van der Waals surface area contributed by atoms with Gasteiger partial charge in [-0.2, -0.15) is 11.3 Å². The zero-order valence-corrected chi connectivity index (χ0v) is 17.1. The van der Waals surface area contributed by atoms with Crippen LogP contribution in [0.3, 0.4) is 0 Å². The molecule has 7 heteroatoms. The summed E-state index contributed by atoms with van der Waals surface area (Å²) < 4.78 is 11.3. The molecule has 6 nitrogen and oxygen atoms in total. The second kappa shape index (κ2) is 7.93. The minimum atomic E-state index is 0.136. The van der Waals surface area contributed by atoms with E-state index in [2.05, 4.69) is 27.2 Å². The van der Waals surface area contributed by atoms with Crippen molar-refractivity contribution in [2.75, 3.05) is 13.7 Å². The molecule has 1 fully saturated rings. The van der Waals surface area contributed by atoms with Crippen LogP contribution in [0.15, 0.2) is 51.6 Å². The van der Waals surface area contributed by atoms with Crippen LogP contribution in [0.25, 0.3) is 22.4 Å². The first-order chi connectivity index (χ1) is 14.3. The van der Waals surface area contributed by atoms with Gasteiger partial charge in [-0.15, -0.1) is 10.2 Å². The molecule has 1 aliphatic heterocycles. The molecule has 5 rings (SSSR count). The van der Waals surface area contributed by atoms with Crippen molar-refractivity contribution < 1.29 is 9.15 Å². The first-order valence-corrected chi connectivity index (χ1v) is 10.8. The Morgan fingerprint density at radius 1 is 1.17 bits per heavy atom. The standard InChI is InChI=1S/C22H22N4O2S/c1-27-18-7-8-19-15(12-18)5-6-17(23-19)13-26-10-3-2-4-20(26)22-25-24-21(28-22)16-9-11-29-14-16/h5-9,11-12,14,20H,2-4,10,13H2,1H3. The molecule has 0 N–H and O–H groups in total. The molecule has 0 amide bonds. The monoisotopic (exact) mass is 406 g/mol. The summed E-state index contributed by atoms with van der Waals surface area (Å²) in [4.78, 5) is 7.27. The number of rotatable bonds is 5. The van der Waals surface area contributed by atoms with Crippen LogP contribution in [-0.2, 0) is 6.54 Å². The third-order valence-electron chi connectivity index (χ3n) is 5.43. The second-order valence-electron chi connectivity index (χ2n) is 7.30. The third-order valence-corrected chi connectivity index (χ3v) is 6.11. The number of aromatic nitrogens is 3. The quantitative estimate of drug-likeness (QED) is 0.460. The Labute approximate surface area is 173 Å². The normalized spacial score (nSPS) is 17.6. The molecule has 148 valence electrons. The molecule has 0 aliphatic carbocycles. The smallest absolute Gasteiger partial charge is 0.248 e. The lowest BCUT2D eigenvalue weighted by molar-refractivity contribution is 0.117. The molecule has 4 aromatic rings.